The summed E-state index contributed by atoms with van der Waals surface area (Å²) in [6, 6.07) is -0.0670. The van der Waals surface area contributed by atoms with E-state index >= 15 is 0 Å². The van der Waals surface area contributed by atoms with E-state index in [9.17, 15) is 0 Å². The highest BCUT2D eigenvalue weighted by atomic mass is 16.5. The van der Waals surface area contributed by atoms with E-state index in [2.05, 4.69) is 10.5 Å². The molecule has 0 radical (unpaired) electrons. The highest BCUT2D eigenvalue weighted by Crippen LogP contribution is 2.34. The molecular formula is C10H21N3O2. The van der Waals surface area contributed by atoms with E-state index < -0.39 is 0 Å². The van der Waals surface area contributed by atoms with Crippen LogP contribution < -0.4 is 11.1 Å². The Kier molecular flexibility index (Phi) is 4.35. The third-order valence-electron chi connectivity index (χ3n) is 3.25. The zero-order valence-corrected chi connectivity index (χ0v) is 9.49. The van der Waals surface area contributed by atoms with Gasteiger partial charge in [0.1, 0.15) is 0 Å². The Morgan fingerprint density at radius 1 is 1.67 bits per heavy atom. The third kappa shape index (κ3) is 2.82. The van der Waals surface area contributed by atoms with E-state index in [-0.39, 0.29) is 17.5 Å². The predicted octanol–water partition coefficient (Wildman–Crippen LogP) is 0.670. The normalized spacial score (nSPS) is 22.1. The molecule has 1 fully saturated rings. The summed E-state index contributed by atoms with van der Waals surface area (Å²) in [4.78, 5) is 0. The van der Waals surface area contributed by atoms with Gasteiger partial charge in [0, 0.05) is 13.7 Å². The molecule has 0 aliphatic heterocycles. The molecule has 88 valence electrons. The van der Waals surface area contributed by atoms with E-state index in [0.29, 0.717) is 0 Å². The lowest BCUT2D eigenvalue weighted by atomic mass is 9.80. The second kappa shape index (κ2) is 5.32. The van der Waals surface area contributed by atoms with Crippen molar-refractivity contribution in [3.05, 3.63) is 0 Å². The Morgan fingerprint density at radius 3 is 2.67 bits per heavy atom. The van der Waals surface area contributed by atoms with Gasteiger partial charge in [0.2, 0.25) is 0 Å². The van der Waals surface area contributed by atoms with Gasteiger partial charge in [-0.2, -0.15) is 0 Å². The number of nitrogens with two attached hydrogens (primary N) is 1. The van der Waals surface area contributed by atoms with Crippen LogP contribution in [0.15, 0.2) is 5.16 Å². The Balaban J connectivity index is 2.40. The van der Waals surface area contributed by atoms with Gasteiger partial charge in [-0.25, -0.2) is 0 Å². The quantitative estimate of drug-likeness (QED) is 0.263. The first-order valence-corrected chi connectivity index (χ1v) is 5.43. The summed E-state index contributed by atoms with van der Waals surface area (Å²) < 4.78 is 5.48. The van der Waals surface area contributed by atoms with Crippen molar-refractivity contribution in [2.24, 2.45) is 10.9 Å². The molecule has 0 bridgehead atoms. The highest BCUT2D eigenvalue weighted by Gasteiger charge is 2.37. The zero-order chi connectivity index (χ0) is 11.3. The van der Waals surface area contributed by atoms with Gasteiger partial charge in [0.15, 0.2) is 5.84 Å². The third-order valence-corrected chi connectivity index (χ3v) is 3.25. The highest BCUT2D eigenvalue weighted by molar-refractivity contribution is 5.85. The summed E-state index contributed by atoms with van der Waals surface area (Å²) >= 11 is 0. The maximum atomic E-state index is 8.59. The summed E-state index contributed by atoms with van der Waals surface area (Å²) in [5.41, 5.74) is 5.53. The van der Waals surface area contributed by atoms with Crippen LogP contribution in [-0.2, 0) is 4.74 Å². The van der Waals surface area contributed by atoms with Crippen molar-refractivity contribution in [3.8, 4) is 0 Å². The Morgan fingerprint density at radius 2 is 2.33 bits per heavy atom. The lowest BCUT2D eigenvalue weighted by Gasteiger charge is -2.41. The molecule has 0 saturated heterocycles. The molecule has 5 heteroatoms. The van der Waals surface area contributed by atoms with Gasteiger partial charge in [0.05, 0.1) is 11.6 Å². The number of nitrogens with zero attached hydrogens (tertiary/aromatic N) is 1. The molecule has 1 aliphatic carbocycles. The molecule has 0 heterocycles. The van der Waals surface area contributed by atoms with Gasteiger partial charge < -0.3 is 21.0 Å². The fraction of sp³-hybridized carbons (Fsp3) is 0.900. The van der Waals surface area contributed by atoms with Crippen LogP contribution in [0.2, 0.25) is 0 Å². The van der Waals surface area contributed by atoms with Crippen molar-refractivity contribution in [1.29, 1.82) is 0 Å². The van der Waals surface area contributed by atoms with Crippen molar-refractivity contribution in [3.63, 3.8) is 0 Å². The van der Waals surface area contributed by atoms with Gasteiger partial charge in [-0.1, -0.05) is 12.1 Å². The molecule has 1 saturated carbocycles. The largest absolute Gasteiger partial charge is 0.409 e. The van der Waals surface area contributed by atoms with Crippen molar-refractivity contribution >= 4 is 5.84 Å². The summed E-state index contributed by atoms with van der Waals surface area (Å²) in [5, 5.41) is 14.9. The van der Waals surface area contributed by atoms with E-state index in [0.717, 1.165) is 25.8 Å². The maximum absolute atomic E-state index is 8.59. The molecule has 0 aromatic rings. The SMILES string of the molecule is CCC(NCC1(OC)CCC1)C(N)=NO. The molecule has 1 aliphatic rings. The van der Waals surface area contributed by atoms with Crippen LogP contribution in [0, 0.1) is 0 Å². The number of hydrogen-bond acceptors (Lipinski definition) is 4. The second-order valence-electron chi connectivity index (χ2n) is 4.11. The van der Waals surface area contributed by atoms with E-state index in [1.54, 1.807) is 7.11 Å². The summed E-state index contributed by atoms with van der Waals surface area (Å²) in [6.07, 6.45) is 4.19. The van der Waals surface area contributed by atoms with E-state index in [1.807, 2.05) is 6.92 Å². The number of hydrogen-bond donors (Lipinski definition) is 3. The van der Waals surface area contributed by atoms with Crippen molar-refractivity contribution in [2.45, 2.75) is 44.2 Å². The molecule has 0 spiro atoms. The molecule has 1 unspecified atom stereocenters. The van der Waals surface area contributed by atoms with Crippen LogP contribution in [0.4, 0.5) is 0 Å². The summed E-state index contributed by atoms with van der Waals surface area (Å²) in [5.74, 6) is 0.239. The zero-order valence-electron chi connectivity index (χ0n) is 9.49. The molecule has 0 aromatic heterocycles. The van der Waals surface area contributed by atoms with Gasteiger partial charge in [-0.3, -0.25) is 0 Å². The minimum absolute atomic E-state index is 0.0246. The van der Waals surface area contributed by atoms with Crippen molar-refractivity contribution < 1.29 is 9.94 Å². The minimum atomic E-state index is -0.0670. The van der Waals surface area contributed by atoms with Crippen LogP contribution in [-0.4, -0.2) is 36.3 Å². The van der Waals surface area contributed by atoms with Crippen LogP contribution in [0.3, 0.4) is 0 Å². The van der Waals surface area contributed by atoms with Gasteiger partial charge in [-0.15, -0.1) is 0 Å². The molecule has 1 atom stereocenters. The van der Waals surface area contributed by atoms with Crippen LogP contribution in [0.25, 0.3) is 0 Å². The monoisotopic (exact) mass is 215 g/mol. The average Bonchev–Trinajstić information content (AvgIpc) is 2.21. The molecule has 1 rings (SSSR count). The fourth-order valence-corrected chi connectivity index (χ4v) is 1.86. The van der Waals surface area contributed by atoms with Crippen molar-refractivity contribution in [2.75, 3.05) is 13.7 Å². The van der Waals surface area contributed by atoms with Crippen molar-refractivity contribution in [1.82, 2.24) is 5.32 Å². The number of nitrogens with one attached hydrogen (secondary N) is 1. The Hall–Kier alpha value is -0.810. The molecule has 15 heavy (non-hydrogen) atoms. The number of ether oxygens (including phenoxy) is 1. The predicted molar refractivity (Wildman–Crippen MR) is 59.1 cm³/mol. The first kappa shape index (κ1) is 12.3. The molecule has 0 aromatic carbocycles. The molecule has 0 amide bonds. The number of rotatable bonds is 6. The second-order valence-corrected chi connectivity index (χ2v) is 4.11. The standard InChI is InChI=1S/C10H21N3O2/c1-3-8(9(11)13-14)12-7-10(15-2)5-4-6-10/h8,12,14H,3-7H2,1-2H3,(H2,11,13). The Labute approximate surface area is 90.7 Å². The lowest BCUT2D eigenvalue weighted by Crippen LogP contribution is -2.53. The van der Waals surface area contributed by atoms with Crippen LogP contribution >= 0.6 is 0 Å². The smallest absolute Gasteiger partial charge is 0.156 e. The fourth-order valence-electron chi connectivity index (χ4n) is 1.86. The van der Waals surface area contributed by atoms with E-state index in [1.165, 1.54) is 6.42 Å². The van der Waals surface area contributed by atoms with Gasteiger partial charge >= 0.3 is 0 Å². The average molecular weight is 215 g/mol. The van der Waals surface area contributed by atoms with Crippen LogP contribution in [0.5, 0.6) is 0 Å². The van der Waals surface area contributed by atoms with E-state index in [4.69, 9.17) is 15.7 Å². The summed E-state index contributed by atoms with van der Waals surface area (Å²) in [7, 11) is 1.74. The molecule has 5 nitrogen and oxygen atoms in total. The first-order chi connectivity index (χ1) is 7.17. The molecule has 4 N–H and O–H groups in total. The number of amidine groups is 1. The maximum Gasteiger partial charge on any atom is 0.156 e. The lowest BCUT2D eigenvalue weighted by molar-refractivity contribution is -0.0699. The van der Waals surface area contributed by atoms with Gasteiger partial charge in [0.25, 0.3) is 0 Å². The summed E-state index contributed by atoms with van der Waals surface area (Å²) in [6.45, 7) is 2.76. The Bertz CT molecular complexity index is 221. The van der Waals surface area contributed by atoms with Crippen LogP contribution in [0.1, 0.15) is 32.6 Å². The number of oxime groups is 1. The molecular weight excluding hydrogens is 194 g/mol. The number of methoxy groups -OCH3 is 1. The minimum Gasteiger partial charge on any atom is -0.409 e. The first-order valence-electron chi connectivity index (χ1n) is 5.43. The van der Waals surface area contributed by atoms with Gasteiger partial charge in [-0.05, 0) is 25.7 Å². The topological polar surface area (TPSA) is 79.9 Å².